The van der Waals surface area contributed by atoms with Crippen LogP contribution in [0.2, 0.25) is 0 Å². The van der Waals surface area contributed by atoms with E-state index >= 15 is 0 Å². The van der Waals surface area contributed by atoms with Gasteiger partial charge in [0.2, 0.25) is 0 Å². The molecular formula is C10H8F3N3. The lowest BCUT2D eigenvalue weighted by Gasteiger charge is -2.10. The van der Waals surface area contributed by atoms with Gasteiger partial charge in [-0.15, -0.1) is 0 Å². The molecule has 2 rings (SSSR count). The third-order valence-electron chi connectivity index (χ3n) is 2.11. The molecule has 16 heavy (non-hydrogen) atoms. The summed E-state index contributed by atoms with van der Waals surface area (Å²) in [7, 11) is 0. The minimum atomic E-state index is -4.40. The number of aromatic amines is 1. The summed E-state index contributed by atoms with van der Waals surface area (Å²) < 4.78 is 38.0. The van der Waals surface area contributed by atoms with Crippen molar-refractivity contribution in [3.8, 4) is 11.3 Å². The Bertz CT molecular complexity index is 502. The summed E-state index contributed by atoms with van der Waals surface area (Å²) in [6.07, 6.45) is -4.40. The summed E-state index contributed by atoms with van der Waals surface area (Å²) in [5.41, 5.74) is 4.86. The Morgan fingerprint density at radius 2 is 1.88 bits per heavy atom. The molecule has 0 bridgehead atoms. The van der Waals surface area contributed by atoms with Gasteiger partial charge in [-0.25, -0.2) is 0 Å². The predicted octanol–water partition coefficient (Wildman–Crippen LogP) is 2.68. The lowest BCUT2D eigenvalue weighted by atomic mass is 10.0. The van der Waals surface area contributed by atoms with E-state index < -0.39 is 11.7 Å². The highest BCUT2D eigenvalue weighted by atomic mass is 19.4. The van der Waals surface area contributed by atoms with Crippen molar-refractivity contribution in [2.24, 2.45) is 0 Å². The number of alkyl halides is 3. The monoisotopic (exact) mass is 227 g/mol. The molecule has 3 nitrogen and oxygen atoms in total. The molecule has 0 aliphatic rings. The van der Waals surface area contributed by atoms with Crippen molar-refractivity contribution in [3.05, 3.63) is 35.9 Å². The van der Waals surface area contributed by atoms with E-state index in [0.29, 0.717) is 0 Å². The van der Waals surface area contributed by atoms with E-state index in [1.54, 1.807) is 0 Å². The topological polar surface area (TPSA) is 54.7 Å². The number of anilines is 1. The first kappa shape index (κ1) is 10.5. The van der Waals surface area contributed by atoms with Crippen LogP contribution in [0.3, 0.4) is 0 Å². The second-order valence-corrected chi connectivity index (χ2v) is 3.25. The minimum Gasteiger partial charge on any atom is -0.384 e. The average molecular weight is 227 g/mol. The average Bonchev–Trinajstić information content (AvgIpc) is 2.64. The number of H-pyrrole nitrogens is 1. The Labute approximate surface area is 89.1 Å². The van der Waals surface area contributed by atoms with Gasteiger partial charge >= 0.3 is 6.18 Å². The normalized spacial score (nSPS) is 11.7. The number of halogens is 3. The van der Waals surface area contributed by atoms with Gasteiger partial charge in [0, 0.05) is 11.6 Å². The van der Waals surface area contributed by atoms with Crippen LogP contribution in [-0.4, -0.2) is 10.2 Å². The van der Waals surface area contributed by atoms with E-state index in [9.17, 15) is 13.2 Å². The zero-order valence-corrected chi connectivity index (χ0v) is 8.05. The molecule has 3 N–H and O–H groups in total. The van der Waals surface area contributed by atoms with Crippen LogP contribution in [-0.2, 0) is 6.18 Å². The van der Waals surface area contributed by atoms with Crippen molar-refractivity contribution >= 4 is 5.82 Å². The van der Waals surface area contributed by atoms with Gasteiger partial charge in [-0.1, -0.05) is 18.2 Å². The lowest BCUT2D eigenvalue weighted by Crippen LogP contribution is -2.06. The maximum atomic E-state index is 12.7. The van der Waals surface area contributed by atoms with Crippen molar-refractivity contribution in [2.75, 3.05) is 5.73 Å². The highest BCUT2D eigenvalue weighted by Gasteiger charge is 2.33. The van der Waals surface area contributed by atoms with E-state index in [0.717, 1.165) is 6.07 Å². The van der Waals surface area contributed by atoms with E-state index in [-0.39, 0.29) is 17.1 Å². The summed E-state index contributed by atoms with van der Waals surface area (Å²) in [6.45, 7) is 0. The van der Waals surface area contributed by atoms with Crippen molar-refractivity contribution < 1.29 is 13.2 Å². The molecule has 0 saturated heterocycles. The minimum absolute atomic E-state index is 0.0166. The molecule has 0 aliphatic carbocycles. The second-order valence-electron chi connectivity index (χ2n) is 3.25. The zero-order valence-electron chi connectivity index (χ0n) is 8.05. The number of hydrogen-bond acceptors (Lipinski definition) is 2. The van der Waals surface area contributed by atoms with Gasteiger partial charge in [0.05, 0.1) is 11.3 Å². The van der Waals surface area contributed by atoms with Crippen LogP contribution >= 0.6 is 0 Å². The van der Waals surface area contributed by atoms with Gasteiger partial charge < -0.3 is 5.73 Å². The summed E-state index contributed by atoms with van der Waals surface area (Å²) >= 11 is 0. The SMILES string of the molecule is Nc1cc(-c2ccccc2C(F)(F)F)n[nH]1. The summed E-state index contributed by atoms with van der Waals surface area (Å²) in [5.74, 6) is 0.229. The summed E-state index contributed by atoms with van der Waals surface area (Å²) in [4.78, 5) is 0. The van der Waals surface area contributed by atoms with Crippen LogP contribution < -0.4 is 5.73 Å². The first-order chi connectivity index (χ1) is 7.48. The predicted molar refractivity (Wildman–Crippen MR) is 53.4 cm³/mol. The highest BCUT2D eigenvalue weighted by Crippen LogP contribution is 2.36. The number of hydrogen-bond donors (Lipinski definition) is 2. The smallest absolute Gasteiger partial charge is 0.384 e. The number of benzene rings is 1. The Morgan fingerprint density at radius 1 is 1.19 bits per heavy atom. The molecule has 6 heteroatoms. The number of nitrogens with zero attached hydrogens (tertiary/aromatic N) is 1. The van der Waals surface area contributed by atoms with E-state index in [1.807, 2.05) is 0 Å². The quantitative estimate of drug-likeness (QED) is 0.786. The molecule has 0 atom stereocenters. The van der Waals surface area contributed by atoms with Crippen LogP contribution in [0.4, 0.5) is 19.0 Å². The van der Waals surface area contributed by atoms with Crippen molar-refractivity contribution in [2.45, 2.75) is 6.18 Å². The molecule has 1 aromatic carbocycles. The zero-order chi connectivity index (χ0) is 11.8. The van der Waals surface area contributed by atoms with Gasteiger partial charge in [-0.05, 0) is 6.07 Å². The van der Waals surface area contributed by atoms with Gasteiger partial charge in [0.25, 0.3) is 0 Å². The van der Waals surface area contributed by atoms with E-state index in [4.69, 9.17) is 5.73 Å². The van der Waals surface area contributed by atoms with E-state index in [2.05, 4.69) is 10.2 Å². The third-order valence-corrected chi connectivity index (χ3v) is 2.11. The van der Waals surface area contributed by atoms with Crippen LogP contribution in [0, 0.1) is 0 Å². The van der Waals surface area contributed by atoms with Crippen LogP contribution in [0.15, 0.2) is 30.3 Å². The maximum absolute atomic E-state index is 12.7. The van der Waals surface area contributed by atoms with Crippen molar-refractivity contribution in [1.82, 2.24) is 10.2 Å². The summed E-state index contributed by atoms with van der Waals surface area (Å²) in [5, 5.41) is 6.12. The molecule has 0 saturated carbocycles. The molecule has 0 fully saturated rings. The third kappa shape index (κ3) is 1.86. The molecule has 0 amide bonds. The van der Waals surface area contributed by atoms with Crippen LogP contribution in [0.1, 0.15) is 5.56 Å². The molecule has 84 valence electrons. The number of nitrogens with one attached hydrogen (secondary N) is 1. The Hall–Kier alpha value is -1.98. The number of aromatic nitrogens is 2. The standard InChI is InChI=1S/C10H8F3N3/c11-10(12,13)7-4-2-1-3-6(7)8-5-9(14)16-15-8/h1-5H,(H3,14,15,16). The first-order valence-corrected chi connectivity index (χ1v) is 4.46. The lowest BCUT2D eigenvalue weighted by molar-refractivity contribution is -0.137. The van der Waals surface area contributed by atoms with Gasteiger partial charge in [-0.3, -0.25) is 5.10 Å². The molecule has 1 heterocycles. The maximum Gasteiger partial charge on any atom is 0.417 e. The summed E-state index contributed by atoms with van der Waals surface area (Å²) in [6, 6.07) is 6.60. The Morgan fingerprint density at radius 3 is 2.44 bits per heavy atom. The molecule has 0 unspecified atom stereocenters. The molecule has 0 radical (unpaired) electrons. The van der Waals surface area contributed by atoms with Crippen molar-refractivity contribution in [1.29, 1.82) is 0 Å². The van der Waals surface area contributed by atoms with Gasteiger partial charge in [0.15, 0.2) is 0 Å². The first-order valence-electron chi connectivity index (χ1n) is 4.46. The molecule has 0 aliphatic heterocycles. The van der Waals surface area contributed by atoms with Crippen LogP contribution in [0.25, 0.3) is 11.3 Å². The van der Waals surface area contributed by atoms with Crippen molar-refractivity contribution in [3.63, 3.8) is 0 Å². The highest BCUT2D eigenvalue weighted by molar-refractivity contribution is 5.66. The molecule has 2 aromatic rings. The number of nitrogens with two attached hydrogens (primary N) is 1. The van der Waals surface area contributed by atoms with E-state index in [1.165, 1.54) is 24.3 Å². The molecule has 0 spiro atoms. The second kappa shape index (κ2) is 3.55. The fraction of sp³-hybridized carbons (Fsp3) is 0.100. The van der Waals surface area contributed by atoms with Gasteiger partial charge in [-0.2, -0.15) is 18.3 Å². The Kier molecular flexibility index (Phi) is 2.34. The molecule has 1 aromatic heterocycles. The number of nitrogen functional groups attached to an aromatic ring is 1. The fourth-order valence-electron chi connectivity index (χ4n) is 1.43. The van der Waals surface area contributed by atoms with Gasteiger partial charge in [0.1, 0.15) is 5.82 Å². The van der Waals surface area contributed by atoms with Crippen LogP contribution in [0.5, 0.6) is 0 Å². The fourth-order valence-corrected chi connectivity index (χ4v) is 1.43. The molecular weight excluding hydrogens is 219 g/mol. The largest absolute Gasteiger partial charge is 0.417 e. The Balaban J connectivity index is 2.57. The number of rotatable bonds is 1.